The lowest BCUT2D eigenvalue weighted by Gasteiger charge is -2.15. The van der Waals surface area contributed by atoms with E-state index in [1.807, 2.05) is 31.3 Å². The summed E-state index contributed by atoms with van der Waals surface area (Å²) in [6.07, 6.45) is 8.08. The summed E-state index contributed by atoms with van der Waals surface area (Å²) in [5, 5.41) is 0. The number of nitrogens with zero attached hydrogens (tertiary/aromatic N) is 3. The summed E-state index contributed by atoms with van der Waals surface area (Å²) in [6, 6.07) is 3.89. The van der Waals surface area contributed by atoms with Gasteiger partial charge < -0.3 is 0 Å². The third kappa shape index (κ3) is 1.44. The number of aromatic nitrogens is 1. The Bertz CT molecular complexity index is 418. The highest BCUT2D eigenvalue weighted by molar-refractivity contribution is 5.72. The fourth-order valence-electron chi connectivity index (χ4n) is 1.35. The third-order valence-corrected chi connectivity index (χ3v) is 2.07. The van der Waals surface area contributed by atoms with Crippen molar-refractivity contribution in [3.8, 4) is 0 Å². The zero-order chi connectivity index (χ0) is 9.97. The molecule has 0 aromatic carbocycles. The molecular formula is C11H11N3. The van der Waals surface area contributed by atoms with E-state index in [-0.39, 0.29) is 0 Å². The van der Waals surface area contributed by atoms with Crippen LogP contribution in [-0.2, 0) is 0 Å². The first-order chi connectivity index (χ1) is 6.79. The maximum atomic E-state index is 4.27. The molecule has 1 aromatic rings. The molecule has 3 nitrogen and oxygen atoms in total. The van der Waals surface area contributed by atoms with Gasteiger partial charge in [-0.05, 0) is 18.7 Å². The maximum Gasteiger partial charge on any atom is 0.264 e. The zero-order valence-electron chi connectivity index (χ0n) is 8.01. The second kappa shape index (κ2) is 3.46. The van der Waals surface area contributed by atoms with Gasteiger partial charge in [0.05, 0.1) is 6.21 Å². The summed E-state index contributed by atoms with van der Waals surface area (Å²) in [5.74, 6) is 0. The zero-order valence-corrected chi connectivity index (χ0v) is 8.01. The Balaban J connectivity index is 2.41. The molecule has 0 atom stereocenters. The van der Waals surface area contributed by atoms with E-state index in [1.54, 1.807) is 17.0 Å². The highest BCUT2D eigenvalue weighted by atomic mass is 15.1. The first kappa shape index (κ1) is 8.69. The molecule has 14 heavy (non-hydrogen) atoms. The normalized spacial score (nSPS) is 14.9. The molecule has 0 radical (unpaired) electrons. The molecule has 2 heterocycles. The van der Waals surface area contributed by atoms with Crippen molar-refractivity contribution >= 4 is 12.9 Å². The average molecular weight is 185 g/mol. The van der Waals surface area contributed by atoms with Crippen LogP contribution >= 0.6 is 0 Å². The van der Waals surface area contributed by atoms with Crippen LogP contribution in [0.3, 0.4) is 0 Å². The molecule has 0 saturated carbocycles. The summed E-state index contributed by atoms with van der Waals surface area (Å²) < 4.78 is 1.74. The predicted octanol–water partition coefficient (Wildman–Crippen LogP) is 1.54. The van der Waals surface area contributed by atoms with Gasteiger partial charge in [-0.15, -0.1) is 4.99 Å². The van der Waals surface area contributed by atoms with E-state index in [1.165, 1.54) is 0 Å². The Hall–Kier alpha value is -1.90. The molecule has 0 unspecified atom stereocenters. The van der Waals surface area contributed by atoms with Crippen LogP contribution in [0.15, 0.2) is 35.6 Å². The first-order valence-electron chi connectivity index (χ1n) is 4.38. The average Bonchev–Trinajstić information content (AvgIpc) is 2.20. The minimum absolute atomic E-state index is 0.832. The predicted molar refractivity (Wildman–Crippen MR) is 56.3 cm³/mol. The van der Waals surface area contributed by atoms with Gasteiger partial charge in [0.15, 0.2) is 0 Å². The SMILES string of the molecule is C=[N+]1C=CC=N[C-]1c1cccnc1C. The van der Waals surface area contributed by atoms with Crippen molar-refractivity contribution in [2.75, 3.05) is 0 Å². The van der Waals surface area contributed by atoms with Gasteiger partial charge in [0.1, 0.15) is 0 Å². The van der Waals surface area contributed by atoms with Crippen molar-refractivity contribution < 1.29 is 4.58 Å². The monoisotopic (exact) mass is 185 g/mol. The second-order valence-electron chi connectivity index (χ2n) is 3.05. The van der Waals surface area contributed by atoms with Crippen molar-refractivity contribution in [2.24, 2.45) is 4.99 Å². The molecule has 70 valence electrons. The van der Waals surface area contributed by atoms with Gasteiger partial charge in [-0.2, -0.15) is 0 Å². The minimum Gasteiger partial charge on any atom is -0.293 e. The molecule has 1 aliphatic heterocycles. The molecule has 0 bridgehead atoms. The van der Waals surface area contributed by atoms with Crippen molar-refractivity contribution in [1.29, 1.82) is 0 Å². The quantitative estimate of drug-likeness (QED) is 0.482. The third-order valence-electron chi connectivity index (χ3n) is 2.07. The second-order valence-corrected chi connectivity index (χ2v) is 3.05. The summed E-state index contributed by atoms with van der Waals surface area (Å²) in [6.45, 7) is 5.83. The van der Waals surface area contributed by atoms with E-state index in [2.05, 4.69) is 16.7 Å². The molecule has 0 amide bonds. The number of allylic oxidation sites excluding steroid dienone is 1. The topological polar surface area (TPSA) is 28.3 Å². The van der Waals surface area contributed by atoms with Gasteiger partial charge >= 0.3 is 0 Å². The number of hydrogen-bond acceptors (Lipinski definition) is 2. The first-order valence-corrected chi connectivity index (χ1v) is 4.38. The van der Waals surface area contributed by atoms with Crippen molar-refractivity contribution in [3.63, 3.8) is 0 Å². The summed E-state index contributed by atoms with van der Waals surface area (Å²) in [5.41, 5.74) is 1.98. The number of pyridine rings is 1. The highest BCUT2D eigenvalue weighted by Gasteiger charge is 2.18. The van der Waals surface area contributed by atoms with Crippen LogP contribution in [-0.4, -0.2) is 22.5 Å². The minimum atomic E-state index is 0.832. The molecule has 0 spiro atoms. The lowest BCUT2D eigenvalue weighted by Crippen LogP contribution is -2.15. The molecular weight excluding hydrogens is 174 g/mol. The van der Waals surface area contributed by atoms with Crippen LogP contribution in [0.2, 0.25) is 0 Å². The fourth-order valence-corrected chi connectivity index (χ4v) is 1.35. The molecule has 0 saturated heterocycles. The Morgan fingerprint density at radius 1 is 1.50 bits per heavy atom. The van der Waals surface area contributed by atoms with E-state index < -0.39 is 0 Å². The number of aliphatic imine (C=N–C) groups is 1. The van der Waals surface area contributed by atoms with E-state index in [4.69, 9.17) is 0 Å². The lowest BCUT2D eigenvalue weighted by molar-refractivity contribution is -0.426. The van der Waals surface area contributed by atoms with Gasteiger partial charge in [-0.25, -0.2) is 0 Å². The number of hydrogen-bond donors (Lipinski definition) is 0. The molecule has 1 aromatic heterocycles. The molecule has 0 N–H and O–H groups in total. The van der Waals surface area contributed by atoms with E-state index in [0.717, 1.165) is 17.4 Å². The summed E-state index contributed by atoms with van der Waals surface area (Å²) >= 11 is 0. The van der Waals surface area contributed by atoms with Crippen LogP contribution in [0.5, 0.6) is 0 Å². The van der Waals surface area contributed by atoms with Gasteiger partial charge in [0, 0.05) is 24.7 Å². The fraction of sp³-hybridized carbons (Fsp3) is 0.0909. The summed E-state index contributed by atoms with van der Waals surface area (Å²) in [4.78, 5) is 8.49. The van der Waals surface area contributed by atoms with Gasteiger partial charge in [0.25, 0.3) is 6.17 Å². The molecule has 2 rings (SSSR count). The molecule has 3 heteroatoms. The van der Waals surface area contributed by atoms with Crippen molar-refractivity contribution in [3.05, 3.63) is 48.0 Å². The Labute approximate surface area is 83.1 Å². The van der Waals surface area contributed by atoms with E-state index in [0.29, 0.717) is 0 Å². The Morgan fingerprint density at radius 3 is 3.07 bits per heavy atom. The summed E-state index contributed by atoms with van der Waals surface area (Å²) in [7, 11) is 0. The number of rotatable bonds is 1. The molecule has 0 aliphatic carbocycles. The van der Waals surface area contributed by atoms with Crippen molar-refractivity contribution in [2.45, 2.75) is 6.92 Å². The highest BCUT2D eigenvalue weighted by Crippen LogP contribution is 2.20. The number of aryl methyl sites for hydroxylation is 1. The standard InChI is InChI=1S/C11H11N3/c1-9-10(5-3-6-12-9)11-13-7-4-8-14(11)2/h3-8H,2H2,1H3. The van der Waals surface area contributed by atoms with Crippen LogP contribution < -0.4 is 0 Å². The van der Waals surface area contributed by atoms with Gasteiger partial charge in [-0.1, -0.05) is 12.1 Å². The largest absolute Gasteiger partial charge is 0.293 e. The smallest absolute Gasteiger partial charge is 0.264 e. The maximum absolute atomic E-state index is 4.27. The lowest BCUT2D eigenvalue weighted by atomic mass is 10.1. The Morgan fingerprint density at radius 2 is 2.36 bits per heavy atom. The van der Waals surface area contributed by atoms with Crippen molar-refractivity contribution in [1.82, 2.24) is 4.98 Å². The molecule has 0 fully saturated rings. The van der Waals surface area contributed by atoms with Crippen LogP contribution in [0.1, 0.15) is 11.3 Å². The van der Waals surface area contributed by atoms with Crippen LogP contribution in [0, 0.1) is 13.1 Å². The van der Waals surface area contributed by atoms with E-state index in [9.17, 15) is 0 Å². The molecule has 1 aliphatic rings. The van der Waals surface area contributed by atoms with Crippen LogP contribution in [0.4, 0.5) is 0 Å². The van der Waals surface area contributed by atoms with Gasteiger partial charge in [0.2, 0.25) is 0 Å². The Kier molecular flexibility index (Phi) is 2.14. The van der Waals surface area contributed by atoms with Gasteiger partial charge in [-0.3, -0.25) is 9.56 Å². The van der Waals surface area contributed by atoms with E-state index >= 15 is 0 Å². The van der Waals surface area contributed by atoms with Crippen LogP contribution in [0.25, 0.3) is 0 Å².